The Labute approximate surface area is 319 Å². The summed E-state index contributed by atoms with van der Waals surface area (Å²) in [6.07, 6.45) is 0. The van der Waals surface area contributed by atoms with Crippen molar-refractivity contribution in [3.05, 3.63) is 182 Å². The van der Waals surface area contributed by atoms with E-state index < -0.39 is 0 Å². The quantitative estimate of drug-likeness (QED) is 0.183. The zero-order chi connectivity index (χ0) is 36.5. The van der Waals surface area contributed by atoms with Crippen LogP contribution in [0.5, 0.6) is 0 Å². The van der Waals surface area contributed by atoms with E-state index in [9.17, 15) is 0 Å². The van der Waals surface area contributed by atoms with E-state index in [1.165, 1.54) is 43.7 Å². The van der Waals surface area contributed by atoms with Crippen LogP contribution in [0.3, 0.4) is 0 Å². The first-order chi connectivity index (χ1) is 27.8. The smallest absolute Gasteiger partial charge is 0.160 e. The van der Waals surface area contributed by atoms with Crippen LogP contribution in [0.4, 0.5) is 0 Å². The molecule has 5 nitrogen and oxygen atoms in total. The lowest BCUT2D eigenvalue weighted by Crippen LogP contribution is -1.95. The summed E-state index contributed by atoms with van der Waals surface area (Å²) in [5.41, 5.74) is 15.1. The fraction of sp³-hybridized carbons (Fsp3) is 0. The Morgan fingerprint density at radius 2 is 0.946 bits per heavy atom. The van der Waals surface area contributed by atoms with Gasteiger partial charge in [0.2, 0.25) is 0 Å². The predicted molar refractivity (Wildman–Crippen MR) is 232 cm³/mol. The molecule has 0 fully saturated rings. The summed E-state index contributed by atoms with van der Waals surface area (Å²) in [5, 5.41) is 8.11. The molecule has 5 aromatic heterocycles. The summed E-state index contributed by atoms with van der Waals surface area (Å²) in [6, 6.07) is 65.3. The second-order valence-corrected chi connectivity index (χ2v) is 14.8. The van der Waals surface area contributed by atoms with Crippen molar-refractivity contribution in [2.75, 3.05) is 0 Å². The van der Waals surface area contributed by atoms with Crippen molar-refractivity contribution in [2.45, 2.75) is 0 Å². The van der Waals surface area contributed by atoms with Crippen LogP contribution >= 0.6 is 0 Å². The summed E-state index contributed by atoms with van der Waals surface area (Å²) in [5.74, 6) is 0. The maximum Gasteiger partial charge on any atom is 0.160 e. The van der Waals surface area contributed by atoms with Gasteiger partial charge in [-0.3, -0.25) is 4.40 Å². The van der Waals surface area contributed by atoms with E-state index in [4.69, 9.17) is 9.40 Å². The van der Waals surface area contributed by atoms with Gasteiger partial charge in [-0.2, -0.15) is 0 Å². The fourth-order valence-electron chi connectivity index (χ4n) is 9.36. The number of benzene rings is 8. The van der Waals surface area contributed by atoms with Crippen LogP contribution in [0.1, 0.15) is 0 Å². The van der Waals surface area contributed by atoms with E-state index in [0.717, 1.165) is 71.9 Å². The van der Waals surface area contributed by atoms with Gasteiger partial charge < -0.3 is 13.6 Å². The van der Waals surface area contributed by atoms with Gasteiger partial charge in [0.1, 0.15) is 16.7 Å². The van der Waals surface area contributed by atoms with E-state index in [0.29, 0.717) is 0 Å². The lowest BCUT2D eigenvalue weighted by molar-refractivity contribution is 0.672. The molecule has 0 saturated heterocycles. The SMILES string of the molecule is c1ccc(-n2c3ccccc3c3cc(-c4ccc5c(c4)c4ccccc4n5-c4ccc5c(c4)c4oc6ccccc6c4n4c6ccccc6nc54)ccc32)cc1. The van der Waals surface area contributed by atoms with E-state index in [-0.39, 0.29) is 0 Å². The molecule has 0 aliphatic rings. The van der Waals surface area contributed by atoms with Crippen molar-refractivity contribution in [2.24, 2.45) is 0 Å². The van der Waals surface area contributed by atoms with Crippen molar-refractivity contribution in [3.8, 4) is 22.5 Å². The number of imidazole rings is 1. The molecule has 56 heavy (non-hydrogen) atoms. The molecule has 0 saturated carbocycles. The molecule has 8 aromatic carbocycles. The summed E-state index contributed by atoms with van der Waals surface area (Å²) >= 11 is 0. The van der Waals surface area contributed by atoms with Crippen LogP contribution in [0.25, 0.3) is 116 Å². The van der Waals surface area contributed by atoms with Gasteiger partial charge in [0, 0.05) is 49.1 Å². The number of hydrogen-bond donors (Lipinski definition) is 0. The summed E-state index contributed by atoms with van der Waals surface area (Å²) in [4.78, 5) is 5.18. The minimum Gasteiger partial charge on any atom is -0.454 e. The molecule has 0 bridgehead atoms. The summed E-state index contributed by atoms with van der Waals surface area (Å²) in [6.45, 7) is 0. The molecule has 0 N–H and O–H groups in total. The Morgan fingerprint density at radius 1 is 0.375 bits per heavy atom. The minimum atomic E-state index is 0.866. The van der Waals surface area contributed by atoms with Gasteiger partial charge in [-0.15, -0.1) is 0 Å². The van der Waals surface area contributed by atoms with Crippen molar-refractivity contribution in [1.29, 1.82) is 0 Å². The van der Waals surface area contributed by atoms with E-state index in [1.54, 1.807) is 0 Å². The monoisotopic (exact) mass is 714 g/mol. The third kappa shape index (κ3) is 3.95. The molecule has 0 aliphatic heterocycles. The topological polar surface area (TPSA) is 40.3 Å². The van der Waals surface area contributed by atoms with Crippen molar-refractivity contribution in [3.63, 3.8) is 0 Å². The third-order valence-corrected chi connectivity index (χ3v) is 11.8. The van der Waals surface area contributed by atoms with Crippen LogP contribution in [-0.4, -0.2) is 18.5 Å². The number of para-hydroxylation sites is 6. The average Bonchev–Trinajstić information content (AvgIpc) is 4.01. The minimum absolute atomic E-state index is 0.866. The standard InChI is InChI=1S/C51H30N4O/c1-2-12-33(13-3-1)53-43-18-8-4-14-35(43)39-28-31(22-26-45(39)53)32-23-27-46-40(29-32)36-15-5-9-19-44(36)54(46)34-24-25-37-41(30-34)50-49(38-16-6-11-21-48(38)56-50)55-47-20-10-7-17-42(47)52-51(37)55/h1-30H. The molecule has 260 valence electrons. The van der Waals surface area contributed by atoms with Gasteiger partial charge in [-0.1, -0.05) is 91.0 Å². The number of nitrogens with zero attached hydrogens (tertiary/aromatic N) is 4. The lowest BCUT2D eigenvalue weighted by atomic mass is 10.0. The first-order valence-electron chi connectivity index (χ1n) is 19.1. The highest BCUT2D eigenvalue weighted by molar-refractivity contribution is 6.19. The average molecular weight is 715 g/mol. The van der Waals surface area contributed by atoms with Gasteiger partial charge in [-0.25, -0.2) is 4.98 Å². The van der Waals surface area contributed by atoms with Crippen LogP contribution in [0.15, 0.2) is 186 Å². The Kier molecular flexibility index (Phi) is 5.83. The predicted octanol–water partition coefficient (Wildman–Crippen LogP) is 13.4. The van der Waals surface area contributed by atoms with Crippen molar-refractivity contribution in [1.82, 2.24) is 18.5 Å². The molecule has 0 atom stereocenters. The second-order valence-electron chi connectivity index (χ2n) is 14.8. The van der Waals surface area contributed by atoms with E-state index >= 15 is 0 Å². The first kappa shape index (κ1) is 29.8. The van der Waals surface area contributed by atoms with Gasteiger partial charge in [0.15, 0.2) is 5.58 Å². The van der Waals surface area contributed by atoms with E-state index in [2.05, 4.69) is 189 Å². The van der Waals surface area contributed by atoms with Crippen LogP contribution in [0.2, 0.25) is 0 Å². The Hall–Kier alpha value is -7.63. The molecule has 5 heteroatoms. The highest BCUT2D eigenvalue weighted by Crippen LogP contribution is 2.42. The molecule has 13 rings (SSSR count). The molecule has 0 unspecified atom stereocenters. The molecule has 0 amide bonds. The van der Waals surface area contributed by atoms with Gasteiger partial charge in [0.25, 0.3) is 0 Å². The highest BCUT2D eigenvalue weighted by atomic mass is 16.3. The fourth-order valence-corrected chi connectivity index (χ4v) is 9.36. The molecular weight excluding hydrogens is 685 g/mol. The Morgan fingerprint density at radius 3 is 1.66 bits per heavy atom. The highest BCUT2D eigenvalue weighted by Gasteiger charge is 2.21. The van der Waals surface area contributed by atoms with Gasteiger partial charge >= 0.3 is 0 Å². The summed E-state index contributed by atoms with van der Waals surface area (Å²) in [7, 11) is 0. The number of hydrogen-bond acceptors (Lipinski definition) is 2. The van der Waals surface area contributed by atoms with E-state index in [1.807, 2.05) is 6.07 Å². The van der Waals surface area contributed by atoms with Crippen molar-refractivity contribution < 1.29 is 4.42 Å². The zero-order valence-electron chi connectivity index (χ0n) is 30.0. The molecule has 0 radical (unpaired) electrons. The summed E-state index contributed by atoms with van der Waals surface area (Å²) < 4.78 is 13.8. The largest absolute Gasteiger partial charge is 0.454 e. The second kappa shape index (κ2) is 11.0. The lowest BCUT2D eigenvalue weighted by Gasteiger charge is -2.11. The molecular formula is C51H30N4O. The van der Waals surface area contributed by atoms with Crippen LogP contribution in [-0.2, 0) is 0 Å². The number of rotatable bonds is 3. The number of pyridine rings is 1. The van der Waals surface area contributed by atoms with Crippen molar-refractivity contribution >= 4 is 93.1 Å². The van der Waals surface area contributed by atoms with Gasteiger partial charge in [-0.05, 0) is 102 Å². The number of furan rings is 1. The maximum atomic E-state index is 6.73. The molecule has 13 aromatic rings. The van der Waals surface area contributed by atoms with Crippen LogP contribution in [0, 0.1) is 0 Å². The van der Waals surface area contributed by atoms with Crippen LogP contribution < -0.4 is 0 Å². The third-order valence-electron chi connectivity index (χ3n) is 11.8. The Balaban J connectivity index is 1.03. The molecule has 0 aliphatic carbocycles. The number of fused-ring (bicyclic) bond motifs is 16. The molecule has 5 heterocycles. The Bertz CT molecular complexity index is 3770. The normalized spacial score (nSPS) is 12.3. The zero-order valence-corrected chi connectivity index (χ0v) is 30.0. The number of aromatic nitrogens is 4. The molecule has 0 spiro atoms. The van der Waals surface area contributed by atoms with Gasteiger partial charge in [0.05, 0.1) is 33.1 Å². The first-order valence-corrected chi connectivity index (χ1v) is 19.1. The maximum absolute atomic E-state index is 6.73.